The smallest absolute Gasteiger partial charge is 0.305 e. The zero-order valence-corrected chi connectivity index (χ0v) is 34.4. The van der Waals surface area contributed by atoms with Gasteiger partial charge < -0.3 is 19.5 Å². The Balaban J connectivity index is 4.01. The maximum Gasteiger partial charge on any atom is 0.305 e. The van der Waals surface area contributed by atoms with Crippen molar-refractivity contribution >= 4 is 11.9 Å². The van der Waals surface area contributed by atoms with Crippen molar-refractivity contribution in [1.29, 1.82) is 0 Å². The van der Waals surface area contributed by atoms with Gasteiger partial charge in [-0.1, -0.05) is 163 Å². The number of nitrogens with zero attached hydrogens (tertiary/aromatic N) is 1. The SMILES string of the molecule is CCCCCCCCCOC(=O)CCCCC(C)(C)CCN(CCO)CCCCCCCC(=O)OCCC(CCCCCC)CCCCCC. The van der Waals surface area contributed by atoms with Gasteiger partial charge in [-0.3, -0.25) is 9.59 Å². The minimum atomic E-state index is -0.0388. The van der Waals surface area contributed by atoms with Crippen molar-refractivity contribution in [3.63, 3.8) is 0 Å². The fourth-order valence-electron chi connectivity index (χ4n) is 6.95. The molecule has 0 unspecified atom stereocenters. The average Bonchev–Trinajstić information content (AvgIpc) is 3.09. The Morgan fingerprint density at radius 2 is 1.00 bits per heavy atom. The van der Waals surface area contributed by atoms with Crippen molar-refractivity contribution in [3.8, 4) is 0 Å². The number of aliphatic hydroxyl groups excluding tert-OH is 1. The van der Waals surface area contributed by atoms with Gasteiger partial charge in [-0.05, 0) is 69.4 Å². The number of rotatable bonds is 39. The van der Waals surface area contributed by atoms with E-state index in [1.54, 1.807) is 0 Å². The topological polar surface area (TPSA) is 76.1 Å². The number of carbonyl (C=O) groups is 2. The third-order valence-electron chi connectivity index (χ3n) is 10.6. The van der Waals surface area contributed by atoms with Crippen molar-refractivity contribution in [2.24, 2.45) is 11.3 Å². The molecule has 0 saturated heterocycles. The maximum atomic E-state index is 12.4. The van der Waals surface area contributed by atoms with Crippen LogP contribution in [0.5, 0.6) is 0 Å². The molecule has 0 bridgehead atoms. The van der Waals surface area contributed by atoms with E-state index in [-0.39, 0.29) is 24.0 Å². The summed E-state index contributed by atoms with van der Waals surface area (Å²) < 4.78 is 11.1. The van der Waals surface area contributed by atoms with E-state index in [0.29, 0.717) is 32.0 Å². The van der Waals surface area contributed by atoms with Gasteiger partial charge in [0, 0.05) is 19.4 Å². The van der Waals surface area contributed by atoms with E-state index in [9.17, 15) is 14.7 Å². The van der Waals surface area contributed by atoms with Gasteiger partial charge >= 0.3 is 11.9 Å². The van der Waals surface area contributed by atoms with Crippen LogP contribution in [0.2, 0.25) is 0 Å². The van der Waals surface area contributed by atoms with E-state index >= 15 is 0 Å². The van der Waals surface area contributed by atoms with Gasteiger partial charge in [-0.15, -0.1) is 0 Å². The molecule has 0 aliphatic heterocycles. The number of hydrogen-bond acceptors (Lipinski definition) is 6. The average molecular weight is 710 g/mol. The van der Waals surface area contributed by atoms with Crippen LogP contribution in [0.15, 0.2) is 0 Å². The van der Waals surface area contributed by atoms with Crippen LogP contribution in [0.4, 0.5) is 0 Å². The first-order valence-corrected chi connectivity index (χ1v) is 21.9. The van der Waals surface area contributed by atoms with Crippen molar-refractivity contribution in [2.45, 2.75) is 221 Å². The van der Waals surface area contributed by atoms with Gasteiger partial charge in [-0.25, -0.2) is 0 Å². The fraction of sp³-hybridized carbons (Fsp3) is 0.955. The lowest BCUT2D eigenvalue weighted by Gasteiger charge is -2.29. The van der Waals surface area contributed by atoms with Gasteiger partial charge in [-0.2, -0.15) is 0 Å². The maximum absolute atomic E-state index is 12.4. The second-order valence-corrected chi connectivity index (χ2v) is 16.1. The second-order valence-electron chi connectivity index (χ2n) is 16.1. The summed E-state index contributed by atoms with van der Waals surface area (Å²) in [6, 6.07) is 0. The Bertz CT molecular complexity index is 730. The first kappa shape index (κ1) is 48.9. The number of carbonyl (C=O) groups excluding carboxylic acids is 2. The summed E-state index contributed by atoms with van der Waals surface area (Å²) in [5.41, 5.74) is 0.216. The molecule has 0 aromatic carbocycles. The number of hydrogen-bond donors (Lipinski definition) is 1. The van der Waals surface area contributed by atoms with Crippen molar-refractivity contribution < 1.29 is 24.2 Å². The van der Waals surface area contributed by atoms with E-state index in [2.05, 4.69) is 39.5 Å². The van der Waals surface area contributed by atoms with Gasteiger partial charge in [0.15, 0.2) is 0 Å². The van der Waals surface area contributed by atoms with Crippen LogP contribution in [0.1, 0.15) is 221 Å². The molecule has 0 fully saturated rings. The lowest BCUT2D eigenvalue weighted by molar-refractivity contribution is -0.145. The first-order chi connectivity index (χ1) is 24.3. The Hall–Kier alpha value is -1.14. The minimum Gasteiger partial charge on any atom is -0.466 e. The molecule has 0 aliphatic rings. The van der Waals surface area contributed by atoms with Gasteiger partial charge in [0.2, 0.25) is 0 Å². The molecule has 6 heteroatoms. The van der Waals surface area contributed by atoms with Crippen LogP contribution < -0.4 is 0 Å². The number of unbranched alkanes of at least 4 members (excludes halogenated alkanes) is 17. The molecule has 1 N–H and O–H groups in total. The molecule has 0 radical (unpaired) electrons. The van der Waals surface area contributed by atoms with Crippen LogP contribution in [-0.4, -0.2) is 61.4 Å². The Morgan fingerprint density at radius 3 is 1.58 bits per heavy atom. The molecule has 0 amide bonds. The molecule has 6 nitrogen and oxygen atoms in total. The quantitative estimate of drug-likeness (QED) is 0.0506. The predicted octanol–water partition coefficient (Wildman–Crippen LogP) is 12.4. The summed E-state index contributed by atoms with van der Waals surface area (Å²) in [5.74, 6) is 0.652. The molecule has 0 atom stereocenters. The van der Waals surface area contributed by atoms with E-state index in [4.69, 9.17) is 9.47 Å². The van der Waals surface area contributed by atoms with E-state index in [0.717, 1.165) is 96.7 Å². The monoisotopic (exact) mass is 710 g/mol. The third kappa shape index (κ3) is 34.0. The van der Waals surface area contributed by atoms with Crippen molar-refractivity contribution in [1.82, 2.24) is 4.90 Å². The predicted molar refractivity (Wildman–Crippen MR) is 214 cm³/mol. The highest BCUT2D eigenvalue weighted by Gasteiger charge is 2.19. The summed E-state index contributed by atoms with van der Waals surface area (Å²) >= 11 is 0. The zero-order valence-electron chi connectivity index (χ0n) is 34.4. The number of aliphatic hydroxyl groups is 1. The van der Waals surface area contributed by atoms with Crippen molar-refractivity contribution in [2.75, 3.05) is 39.5 Å². The second kappa shape index (κ2) is 36.2. The molecule has 0 aromatic rings. The molecule has 0 saturated carbocycles. The molecule has 0 spiro atoms. The highest BCUT2D eigenvalue weighted by molar-refractivity contribution is 5.69. The normalized spacial score (nSPS) is 11.9. The summed E-state index contributed by atoms with van der Waals surface area (Å²) in [6.07, 6.45) is 33.4. The number of esters is 2. The molecular weight excluding hydrogens is 622 g/mol. The summed E-state index contributed by atoms with van der Waals surface area (Å²) in [5, 5.41) is 9.63. The van der Waals surface area contributed by atoms with Crippen LogP contribution in [0.3, 0.4) is 0 Å². The first-order valence-electron chi connectivity index (χ1n) is 21.9. The zero-order chi connectivity index (χ0) is 37.0. The van der Waals surface area contributed by atoms with E-state index < -0.39 is 0 Å². The highest BCUT2D eigenvalue weighted by Crippen LogP contribution is 2.28. The summed E-state index contributed by atoms with van der Waals surface area (Å²) in [7, 11) is 0. The van der Waals surface area contributed by atoms with Gasteiger partial charge in [0.05, 0.1) is 19.8 Å². The van der Waals surface area contributed by atoms with Crippen molar-refractivity contribution in [3.05, 3.63) is 0 Å². The molecule has 0 rings (SSSR count). The molecule has 298 valence electrons. The fourth-order valence-corrected chi connectivity index (χ4v) is 6.95. The third-order valence-corrected chi connectivity index (χ3v) is 10.6. The van der Waals surface area contributed by atoms with Crippen LogP contribution in [-0.2, 0) is 19.1 Å². The van der Waals surface area contributed by atoms with Crippen LogP contribution >= 0.6 is 0 Å². The largest absolute Gasteiger partial charge is 0.466 e. The molecule has 0 aromatic heterocycles. The lowest BCUT2D eigenvalue weighted by Crippen LogP contribution is -2.32. The number of ether oxygens (including phenoxy) is 2. The molecular formula is C44H87NO5. The highest BCUT2D eigenvalue weighted by atomic mass is 16.5. The Kier molecular flexibility index (Phi) is 35.4. The van der Waals surface area contributed by atoms with Gasteiger partial charge in [0.25, 0.3) is 0 Å². The molecule has 0 aliphatic carbocycles. The summed E-state index contributed by atoms with van der Waals surface area (Å²) in [6.45, 7) is 15.5. The van der Waals surface area contributed by atoms with E-state index in [1.807, 2.05) is 0 Å². The van der Waals surface area contributed by atoms with Crippen LogP contribution in [0.25, 0.3) is 0 Å². The van der Waals surface area contributed by atoms with Gasteiger partial charge in [0.1, 0.15) is 0 Å². The lowest BCUT2D eigenvalue weighted by atomic mass is 9.83. The minimum absolute atomic E-state index is 0.0174. The van der Waals surface area contributed by atoms with E-state index in [1.165, 1.54) is 96.3 Å². The standard InChI is InChI=1S/C44H87NO5/c1-6-9-12-15-16-20-27-39-49-42(47)31-24-25-33-44(4,5)34-36-45(37-38-46)35-26-19-17-18-23-30-43(48)50-40-32-41(28-21-13-10-7-2)29-22-14-11-8-3/h41,46H,6-40H2,1-5H3. The summed E-state index contributed by atoms with van der Waals surface area (Å²) in [4.78, 5) is 26.9. The molecule has 0 heterocycles. The van der Waals surface area contributed by atoms with Crippen LogP contribution in [0, 0.1) is 11.3 Å². The Labute approximate surface area is 312 Å². The Morgan fingerprint density at radius 1 is 0.520 bits per heavy atom. The molecule has 50 heavy (non-hydrogen) atoms.